The molecule has 1 saturated heterocycles. The first-order valence-electron chi connectivity index (χ1n) is 8.18. The van der Waals surface area contributed by atoms with E-state index in [9.17, 15) is 5.11 Å². The van der Waals surface area contributed by atoms with Crippen LogP contribution in [0.3, 0.4) is 0 Å². The zero-order valence-electron chi connectivity index (χ0n) is 13.5. The van der Waals surface area contributed by atoms with E-state index in [2.05, 4.69) is 20.4 Å². The van der Waals surface area contributed by atoms with Crippen LogP contribution in [0.4, 0.5) is 0 Å². The Bertz CT molecular complexity index is 602. The molecule has 1 aromatic heterocycles. The highest BCUT2D eigenvalue weighted by Crippen LogP contribution is 2.15. The summed E-state index contributed by atoms with van der Waals surface area (Å²) in [6, 6.07) is 10.2. The number of hydrogen-bond donors (Lipinski definition) is 2. The van der Waals surface area contributed by atoms with Crippen molar-refractivity contribution in [2.24, 2.45) is 0 Å². The minimum atomic E-state index is -0.466. The Morgan fingerprint density at radius 3 is 2.96 bits per heavy atom. The molecule has 0 unspecified atom stereocenters. The van der Waals surface area contributed by atoms with Gasteiger partial charge >= 0.3 is 0 Å². The first-order valence-corrected chi connectivity index (χ1v) is 8.18. The first-order chi connectivity index (χ1) is 11.2. The van der Waals surface area contributed by atoms with Crippen LogP contribution in [0.1, 0.15) is 36.2 Å². The minimum absolute atomic E-state index is 0.384. The predicted octanol–water partition coefficient (Wildman–Crippen LogP) is 1.67. The van der Waals surface area contributed by atoms with E-state index in [1.165, 1.54) is 0 Å². The fourth-order valence-electron chi connectivity index (χ4n) is 3.04. The van der Waals surface area contributed by atoms with Crippen molar-refractivity contribution in [3.05, 3.63) is 47.6 Å². The van der Waals surface area contributed by atoms with Crippen LogP contribution >= 0.6 is 0 Å². The van der Waals surface area contributed by atoms with Gasteiger partial charge in [-0.2, -0.15) is 4.98 Å². The number of hydrogen-bond acceptors (Lipinski definition) is 6. The first kappa shape index (κ1) is 16.1. The highest BCUT2D eigenvalue weighted by molar-refractivity contribution is 5.17. The maximum Gasteiger partial charge on any atom is 0.223 e. The van der Waals surface area contributed by atoms with Crippen molar-refractivity contribution in [1.82, 2.24) is 20.4 Å². The lowest BCUT2D eigenvalue weighted by Crippen LogP contribution is -2.46. The number of benzene rings is 1. The Labute approximate surface area is 136 Å². The van der Waals surface area contributed by atoms with Crippen molar-refractivity contribution >= 4 is 0 Å². The maximum atomic E-state index is 10.2. The van der Waals surface area contributed by atoms with Crippen molar-refractivity contribution in [3.8, 4) is 0 Å². The summed E-state index contributed by atoms with van der Waals surface area (Å²) in [4.78, 5) is 6.60. The third kappa shape index (κ3) is 4.60. The summed E-state index contributed by atoms with van der Waals surface area (Å²) in [6.45, 7) is 5.09. The van der Waals surface area contributed by atoms with Gasteiger partial charge < -0.3 is 14.9 Å². The van der Waals surface area contributed by atoms with Crippen LogP contribution in [0.25, 0.3) is 0 Å². The van der Waals surface area contributed by atoms with Crippen LogP contribution in [-0.2, 0) is 6.54 Å². The fourth-order valence-corrected chi connectivity index (χ4v) is 3.04. The predicted molar refractivity (Wildman–Crippen MR) is 86.7 cm³/mol. The SMILES string of the molecule is Cc1nc(CN2CCC[C@H](NC[C@@H](O)c3ccccc3)C2)no1. The molecule has 1 aliphatic heterocycles. The van der Waals surface area contributed by atoms with E-state index in [0.717, 1.165) is 43.9 Å². The molecule has 0 aliphatic carbocycles. The summed E-state index contributed by atoms with van der Waals surface area (Å²) >= 11 is 0. The quantitative estimate of drug-likeness (QED) is 0.844. The van der Waals surface area contributed by atoms with Crippen LogP contribution in [0.5, 0.6) is 0 Å². The third-order valence-corrected chi connectivity index (χ3v) is 4.22. The molecular weight excluding hydrogens is 292 g/mol. The van der Waals surface area contributed by atoms with E-state index in [4.69, 9.17) is 4.52 Å². The second-order valence-electron chi connectivity index (χ2n) is 6.14. The summed E-state index contributed by atoms with van der Waals surface area (Å²) in [5, 5.41) is 17.7. The molecule has 1 aromatic carbocycles. The number of aryl methyl sites for hydroxylation is 1. The van der Waals surface area contributed by atoms with Crippen LogP contribution in [0, 0.1) is 6.92 Å². The summed E-state index contributed by atoms with van der Waals surface area (Å²) < 4.78 is 5.02. The maximum absolute atomic E-state index is 10.2. The van der Waals surface area contributed by atoms with Crippen LogP contribution in [0.15, 0.2) is 34.9 Å². The zero-order chi connectivity index (χ0) is 16.1. The van der Waals surface area contributed by atoms with Gasteiger partial charge in [0.1, 0.15) is 0 Å². The summed E-state index contributed by atoms with van der Waals surface area (Å²) in [5.74, 6) is 1.35. The summed E-state index contributed by atoms with van der Waals surface area (Å²) in [7, 11) is 0. The van der Waals surface area contributed by atoms with E-state index in [-0.39, 0.29) is 0 Å². The number of rotatable bonds is 6. The number of piperidine rings is 1. The molecule has 23 heavy (non-hydrogen) atoms. The van der Waals surface area contributed by atoms with E-state index in [1.807, 2.05) is 37.3 Å². The van der Waals surface area contributed by atoms with Crippen LogP contribution in [-0.4, -0.2) is 45.8 Å². The van der Waals surface area contributed by atoms with Gasteiger partial charge in [-0.25, -0.2) is 0 Å². The number of aromatic nitrogens is 2. The van der Waals surface area contributed by atoms with Crippen molar-refractivity contribution < 1.29 is 9.63 Å². The Morgan fingerprint density at radius 2 is 2.22 bits per heavy atom. The number of aliphatic hydroxyl groups excluding tert-OH is 1. The lowest BCUT2D eigenvalue weighted by atomic mass is 10.0. The van der Waals surface area contributed by atoms with E-state index in [0.29, 0.717) is 18.5 Å². The fraction of sp³-hybridized carbons (Fsp3) is 0.529. The van der Waals surface area contributed by atoms with Gasteiger partial charge in [-0.1, -0.05) is 35.5 Å². The van der Waals surface area contributed by atoms with Gasteiger partial charge in [-0.3, -0.25) is 4.90 Å². The average Bonchev–Trinajstić information content (AvgIpc) is 2.99. The summed E-state index contributed by atoms with van der Waals surface area (Å²) in [5.41, 5.74) is 0.954. The van der Waals surface area contributed by atoms with Crippen molar-refractivity contribution in [2.45, 2.75) is 38.5 Å². The van der Waals surface area contributed by atoms with Crippen molar-refractivity contribution in [2.75, 3.05) is 19.6 Å². The Balaban J connectivity index is 1.47. The molecular formula is C17H24N4O2. The molecule has 2 N–H and O–H groups in total. The number of nitrogens with zero attached hydrogens (tertiary/aromatic N) is 3. The number of nitrogens with one attached hydrogen (secondary N) is 1. The minimum Gasteiger partial charge on any atom is -0.387 e. The Hall–Kier alpha value is -1.76. The highest BCUT2D eigenvalue weighted by Gasteiger charge is 2.21. The lowest BCUT2D eigenvalue weighted by molar-refractivity contribution is 0.142. The summed E-state index contributed by atoms with van der Waals surface area (Å²) in [6.07, 6.45) is 1.80. The zero-order valence-corrected chi connectivity index (χ0v) is 13.5. The molecule has 6 heteroatoms. The van der Waals surface area contributed by atoms with Gasteiger partial charge in [0.15, 0.2) is 5.82 Å². The second kappa shape index (κ2) is 7.68. The standard InChI is InChI=1S/C17H24N4O2/c1-13-19-17(20-23-13)12-21-9-5-8-15(11-21)18-10-16(22)14-6-3-2-4-7-14/h2-4,6-7,15-16,18,22H,5,8-12H2,1H3/t15-,16+/m0/s1. The topological polar surface area (TPSA) is 74.4 Å². The molecule has 6 nitrogen and oxygen atoms in total. The molecule has 0 saturated carbocycles. The molecule has 3 rings (SSSR count). The van der Waals surface area contributed by atoms with E-state index in [1.54, 1.807) is 0 Å². The van der Waals surface area contributed by atoms with E-state index >= 15 is 0 Å². The lowest BCUT2D eigenvalue weighted by Gasteiger charge is -2.33. The molecule has 2 heterocycles. The molecule has 124 valence electrons. The average molecular weight is 316 g/mol. The van der Waals surface area contributed by atoms with Crippen LogP contribution < -0.4 is 5.32 Å². The molecule has 2 aromatic rings. The third-order valence-electron chi connectivity index (χ3n) is 4.22. The molecule has 0 spiro atoms. The Kier molecular flexibility index (Phi) is 5.38. The molecule has 0 bridgehead atoms. The Morgan fingerprint density at radius 1 is 1.39 bits per heavy atom. The van der Waals surface area contributed by atoms with Gasteiger partial charge in [-0.05, 0) is 24.9 Å². The van der Waals surface area contributed by atoms with Gasteiger partial charge in [0.2, 0.25) is 5.89 Å². The smallest absolute Gasteiger partial charge is 0.223 e. The molecule has 1 aliphatic rings. The highest BCUT2D eigenvalue weighted by atomic mass is 16.5. The second-order valence-corrected chi connectivity index (χ2v) is 6.14. The normalized spacial score (nSPS) is 20.5. The van der Waals surface area contributed by atoms with Gasteiger partial charge in [0, 0.05) is 26.1 Å². The van der Waals surface area contributed by atoms with E-state index < -0.39 is 6.10 Å². The molecule has 0 amide bonds. The number of likely N-dealkylation sites (tertiary alicyclic amines) is 1. The van der Waals surface area contributed by atoms with Crippen molar-refractivity contribution in [1.29, 1.82) is 0 Å². The molecule has 0 radical (unpaired) electrons. The van der Waals surface area contributed by atoms with Crippen molar-refractivity contribution in [3.63, 3.8) is 0 Å². The molecule has 1 fully saturated rings. The largest absolute Gasteiger partial charge is 0.387 e. The van der Waals surface area contributed by atoms with Gasteiger partial charge in [0.05, 0.1) is 12.6 Å². The molecule has 2 atom stereocenters. The van der Waals surface area contributed by atoms with Gasteiger partial charge in [-0.15, -0.1) is 0 Å². The monoisotopic (exact) mass is 316 g/mol. The van der Waals surface area contributed by atoms with Gasteiger partial charge in [0.25, 0.3) is 0 Å². The number of aliphatic hydroxyl groups is 1. The van der Waals surface area contributed by atoms with Crippen LogP contribution in [0.2, 0.25) is 0 Å².